The highest BCUT2D eigenvalue weighted by Gasteiger charge is 2.17. The first-order valence-corrected chi connectivity index (χ1v) is 5.70. The van der Waals surface area contributed by atoms with Crippen molar-refractivity contribution >= 4 is 12.0 Å². The molecule has 8 heteroatoms. The van der Waals surface area contributed by atoms with Gasteiger partial charge in [-0.3, -0.25) is 4.68 Å². The quantitative estimate of drug-likeness (QED) is 0.654. The number of carbonyl (C=O) groups is 2. The number of amides is 2. The Morgan fingerprint density at radius 3 is 2.68 bits per heavy atom. The van der Waals surface area contributed by atoms with Crippen LogP contribution in [0.1, 0.15) is 11.3 Å². The first-order chi connectivity index (χ1) is 8.93. The summed E-state index contributed by atoms with van der Waals surface area (Å²) in [6.45, 7) is 2.08. The molecule has 0 fully saturated rings. The van der Waals surface area contributed by atoms with Crippen LogP contribution in [0, 0.1) is 6.92 Å². The molecule has 0 saturated heterocycles. The molecule has 8 nitrogen and oxygen atoms in total. The third-order valence-corrected chi connectivity index (χ3v) is 2.56. The third kappa shape index (κ3) is 4.59. The number of hydrogen-bond donors (Lipinski definition) is 3. The Labute approximate surface area is 110 Å². The van der Waals surface area contributed by atoms with Crippen molar-refractivity contribution in [3.05, 3.63) is 17.5 Å². The van der Waals surface area contributed by atoms with Gasteiger partial charge in [-0.2, -0.15) is 5.10 Å². The van der Waals surface area contributed by atoms with E-state index < -0.39 is 18.1 Å². The van der Waals surface area contributed by atoms with Gasteiger partial charge in [0, 0.05) is 32.5 Å². The largest absolute Gasteiger partial charge is 0.479 e. The number of nitrogens with one attached hydrogen (secondary N) is 2. The number of carboxylic acids is 1. The Bertz CT molecular complexity index is 458. The monoisotopic (exact) mass is 270 g/mol. The maximum absolute atomic E-state index is 11.5. The van der Waals surface area contributed by atoms with Crippen LogP contribution in [0.5, 0.6) is 0 Å². The number of methoxy groups -OCH3 is 1. The van der Waals surface area contributed by atoms with Crippen molar-refractivity contribution < 1.29 is 19.4 Å². The summed E-state index contributed by atoms with van der Waals surface area (Å²) in [4.78, 5) is 22.1. The van der Waals surface area contributed by atoms with E-state index in [1.165, 1.54) is 7.11 Å². The lowest BCUT2D eigenvalue weighted by molar-refractivity contribution is -0.147. The van der Waals surface area contributed by atoms with Crippen LogP contribution >= 0.6 is 0 Å². The molecule has 106 valence electrons. The first kappa shape index (κ1) is 15.0. The fourth-order valence-electron chi connectivity index (χ4n) is 1.52. The van der Waals surface area contributed by atoms with Gasteiger partial charge in [0.15, 0.2) is 6.10 Å². The molecule has 0 aromatic carbocycles. The van der Waals surface area contributed by atoms with Gasteiger partial charge in [-0.05, 0) is 6.92 Å². The van der Waals surface area contributed by atoms with E-state index in [2.05, 4.69) is 15.7 Å². The van der Waals surface area contributed by atoms with Crippen molar-refractivity contribution in [1.82, 2.24) is 20.4 Å². The molecule has 0 radical (unpaired) electrons. The van der Waals surface area contributed by atoms with Gasteiger partial charge in [-0.1, -0.05) is 0 Å². The molecule has 0 bridgehead atoms. The molecule has 0 aliphatic carbocycles. The molecule has 0 saturated carbocycles. The summed E-state index contributed by atoms with van der Waals surface area (Å²) in [5, 5.41) is 17.9. The Kier molecular flexibility index (Phi) is 5.31. The fourth-order valence-corrected chi connectivity index (χ4v) is 1.52. The molecule has 0 aliphatic rings. The zero-order valence-electron chi connectivity index (χ0n) is 11.1. The van der Waals surface area contributed by atoms with Crippen molar-refractivity contribution in [2.45, 2.75) is 19.6 Å². The number of rotatable bonds is 6. The topological polar surface area (TPSA) is 105 Å². The van der Waals surface area contributed by atoms with Crippen LogP contribution in [-0.2, 0) is 23.1 Å². The zero-order valence-corrected chi connectivity index (χ0v) is 11.1. The van der Waals surface area contributed by atoms with E-state index in [0.717, 1.165) is 11.3 Å². The summed E-state index contributed by atoms with van der Waals surface area (Å²) < 4.78 is 6.35. The molecule has 1 heterocycles. The SMILES string of the molecule is COC(CNC(=O)NCc1cn(C)nc1C)C(=O)O. The number of carbonyl (C=O) groups excluding carboxylic acids is 1. The highest BCUT2D eigenvalue weighted by molar-refractivity contribution is 5.76. The zero-order chi connectivity index (χ0) is 14.4. The summed E-state index contributed by atoms with van der Waals surface area (Å²) in [6.07, 6.45) is 0.760. The minimum Gasteiger partial charge on any atom is -0.479 e. The van der Waals surface area contributed by atoms with Crippen molar-refractivity contribution in [2.24, 2.45) is 7.05 Å². The molecule has 1 unspecified atom stereocenters. The van der Waals surface area contributed by atoms with Gasteiger partial charge in [0.1, 0.15) is 0 Å². The second-order valence-corrected chi connectivity index (χ2v) is 4.04. The molecule has 0 spiro atoms. The number of urea groups is 1. The average molecular weight is 270 g/mol. The summed E-state index contributed by atoms with van der Waals surface area (Å²) in [6, 6.07) is -0.452. The van der Waals surface area contributed by atoms with Crippen LogP contribution in [0.3, 0.4) is 0 Å². The van der Waals surface area contributed by atoms with Crippen molar-refractivity contribution in [3.8, 4) is 0 Å². The molecule has 1 aromatic rings. The molecule has 2 amide bonds. The lowest BCUT2D eigenvalue weighted by atomic mass is 10.3. The number of carboxylic acid groups (broad SMARTS) is 1. The first-order valence-electron chi connectivity index (χ1n) is 5.70. The minimum atomic E-state index is -1.12. The number of aromatic nitrogens is 2. The van der Waals surface area contributed by atoms with Crippen LogP contribution in [0.4, 0.5) is 4.79 Å². The second kappa shape index (κ2) is 6.74. The lowest BCUT2D eigenvalue weighted by Crippen LogP contribution is -2.42. The summed E-state index contributed by atoms with van der Waals surface area (Å²) in [5.41, 5.74) is 1.74. The molecule has 19 heavy (non-hydrogen) atoms. The predicted molar refractivity (Wildman–Crippen MR) is 66.6 cm³/mol. The number of ether oxygens (including phenoxy) is 1. The van der Waals surface area contributed by atoms with Crippen LogP contribution in [0.2, 0.25) is 0 Å². The van der Waals surface area contributed by atoms with Crippen molar-refractivity contribution in [3.63, 3.8) is 0 Å². The van der Waals surface area contributed by atoms with E-state index in [9.17, 15) is 9.59 Å². The summed E-state index contributed by atoms with van der Waals surface area (Å²) in [7, 11) is 3.07. The van der Waals surface area contributed by atoms with Gasteiger partial charge in [-0.15, -0.1) is 0 Å². The molecule has 1 aromatic heterocycles. The molecule has 0 aliphatic heterocycles. The second-order valence-electron chi connectivity index (χ2n) is 4.04. The van der Waals surface area contributed by atoms with Crippen LogP contribution in [0.15, 0.2) is 6.20 Å². The van der Waals surface area contributed by atoms with Gasteiger partial charge >= 0.3 is 12.0 Å². The van der Waals surface area contributed by atoms with Crippen molar-refractivity contribution in [2.75, 3.05) is 13.7 Å². The maximum Gasteiger partial charge on any atom is 0.334 e. The van der Waals surface area contributed by atoms with Gasteiger partial charge in [0.2, 0.25) is 0 Å². The smallest absolute Gasteiger partial charge is 0.334 e. The van der Waals surface area contributed by atoms with Gasteiger partial charge in [-0.25, -0.2) is 9.59 Å². The molecule has 3 N–H and O–H groups in total. The maximum atomic E-state index is 11.5. The summed E-state index contributed by atoms with van der Waals surface area (Å²) >= 11 is 0. The predicted octanol–water partition coefficient (Wildman–Crippen LogP) is -0.373. The minimum absolute atomic E-state index is 0.0936. The molecule has 1 rings (SSSR count). The van der Waals surface area contributed by atoms with E-state index in [4.69, 9.17) is 9.84 Å². The fraction of sp³-hybridized carbons (Fsp3) is 0.545. The summed E-state index contributed by atoms with van der Waals surface area (Å²) in [5.74, 6) is -1.12. The van der Waals surface area contributed by atoms with Crippen LogP contribution in [-0.4, -0.2) is 46.6 Å². The van der Waals surface area contributed by atoms with Gasteiger partial charge < -0.3 is 20.5 Å². The Morgan fingerprint density at radius 1 is 1.53 bits per heavy atom. The molecule has 1 atom stereocenters. The highest BCUT2D eigenvalue weighted by Crippen LogP contribution is 2.03. The third-order valence-electron chi connectivity index (χ3n) is 2.56. The van der Waals surface area contributed by atoms with E-state index in [1.54, 1.807) is 11.7 Å². The van der Waals surface area contributed by atoms with E-state index in [-0.39, 0.29) is 6.54 Å². The van der Waals surface area contributed by atoms with Gasteiger partial charge in [0.05, 0.1) is 12.2 Å². The van der Waals surface area contributed by atoms with Crippen LogP contribution in [0.25, 0.3) is 0 Å². The van der Waals surface area contributed by atoms with E-state index in [0.29, 0.717) is 6.54 Å². The lowest BCUT2D eigenvalue weighted by Gasteiger charge is -2.12. The Balaban J connectivity index is 2.36. The Hall–Kier alpha value is -2.09. The molecular formula is C11H18N4O4. The normalized spacial score (nSPS) is 11.9. The van der Waals surface area contributed by atoms with Gasteiger partial charge in [0.25, 0.3) is 0 Å². The van der Waals surface area contributed by atoms with Crippen molar-refractivity contribution in [1.29, 1.82) is 0 Å². The number of aliphatic carboxylic acids is 1. The average Bonchev–Trinajstić information content (AvgIpc) is 2.65. The number of nitrogens with zero attached hydrogens (tertiary/aromatic N) is 2. The van der Waals surface area contributed by atoms with E-state index in [1.807, 2.05) is 13.1 Å². The van der Waals surface area contributed by atoms with Crippen LogP contribution < -0.4 is 10.6 Å². The Morgan fingerprint density at radius 2 is 2.21 bits per heavy atom. The number of aryl methyl sites for hydroxylation is 2. The molecular weight excluding hydrogens is 252 g/mol. The number of hydrogen-bond acceptors (Lipinski definition) is 4. The highest BCUT2D eigenvalue weighted by atomic mass is 16.5. The standard InChI is InChI=1S/C11H18N4O4/c1-7-8(6-15(2)14-7)4-12-11(18)13-5-9(19-3)10(16)17/h6,9H,4-5H2,1-3H3,(H,16,17)(H2,12,13,18). The van der Waals surface area contributed by atoms with E-state index >= 15 is 0 Å².